The van der Waals surface area contributed by atoms with Crippen LogP contribution in [0.25, 0.3) is 11.3 Å². The van der Waals surface area contributed by atoms with Crippen LogP contribution in [0, 0.1) is 5.82 Å². The molecule has 3 aromatic rings. The Morgan fingerprint density at radius 1 is 1.21 bits per heavy atom. The van der Waals surface area contributed by atoms with E-state index in [1.165, 1.54) is 29.0 Å². The Morgan fingerprint density at radius 3 is 2.79 bits per heavy atom. The second kappa shape index (κ2) is 9.26. The van der Waals surface area contributed by atoms with Gasteiger partial charge in [0.25, 0.3) is 0 Å². The van der Waals surface area contributed by atoms with E-state index in [1.807, 2.05) is 23.6 Å². The summed E-state index contributed by atoms with van der Waals surface area (Å²) >= 11 is 1.35. The van der Waals surface area contributed by atoms with Gasteiger partial charge in [0.1, 0.15) is 5.82 Å². The first-order valence-corrected chi connectivity index (χ1v) is 10.4. The molecule has 1 N–H and O–H groups in total. The van der Waals surface area contributed by atoms with E-state index in [-0.39, 0.29) is 24.2 Å². The number of thiazole rings is 1. The van der Waals surface area contributed by atoms with Gasteiger partial charge in [0.2, 0.25) is 5.91 Å². The molecule has 0 radical (unpaired) electrons. The van der Waals surface area contributed by atoms with Gasteiger partial charge in [-0.15, -0.1) is 11.3 Å². The highest BCUT2D eigenvalue weighted by atomic mass is 32.1. The Bertz CT molecular complexity index is 946. The van der Waals surface area contributed by atoms with Crippen LogP contribution in [-0.4, -0.2) is 41.6 Å². The summed E-state index contributed by atoms with van der Waals surface area (Å²) in [4.78, 5) is 19.2. The molecule has 2 heterocycles. The number of aromatic nitrogens is 1. The Balaban J connectivity index is 1.30. The van der Waals surface area contributed by atoms with E-state index in [2.05, 4.69) is 27.3 Å². The molecule has 4 rings (SSSR count). The molecular weight excluding hydrogens is 389 g/mol. The number of ether oxygens (including phenoxy) is 1. The maximum absolute atomic E-state index is 13.1. The van der Waals surface area contributed by atoms with Crippen LogP contribution in [0.2, 0.25) is 0 Å². The number of anilines is 1. The molecule has 1 aromatic heterocycles. The number of nitrogens with one attached hydrogen (secondary N) is 1. The normalized spacial score (nSPS) is 17.2. The number of halogens is 1. The smallest absolute Gasteiger partial charge is 0.228 e. The van der Waals surface area contributed by atoms with Gasteiger partial charge in [-0.3, -0.25) is 9.69 Å². The first-order chi connectivity index (χ1) is 14.2. The predicted molar refractivity (Wildman–Crippen MR) is 112 cm³/mol. The summed E-state index contributed by atoms with van der Waals surface area (Å²) in [6, 6.07) is 16.4. The molecule has 1 saturated heterocycles. The quantitative estimate of drug-likeness (QED) is 0.661. The summed E-state index contributed by atoms with van der Waals surface area (Å²) < 4.78 is 18.8. The lowest BCUT2D eigenvalue weighted by Gasteiger charge is -2.32. The van der Waals surface area contributed by atoms with Crippen LogP contribution >= 0.6 is 11.3 Å². The Kier molecular flexibility index (Phi) is 6.29. The molecule has 5 nitrogen and oxygen atoms in total. The molecule has 1 atom stereocenters. The first-order valence-electron chi connectivity index (χ1n) is 9.55. The van der Waals surface area contributed by atoms with Crippen molar-refractivity contribution in [2.75, 3.05) is 25.0 Å². The number of hydrogen-bond acceptors (Lipinski definition) is 5. The number of carbonyl (C=O) groups excluding carboxylic acids is 1. The maximum Gasteiger partial charge on any atom is 0.228 e. The minimum atomic E-state index is -0.286. The highest BCUT2D eigenvalue weighted by Gasteiger charge is 2.23. The monoisotopic (exact) mass is 411 g/mol. The van der Waals surface area contributed by atoms with Crippen molar-refractivity contribution < 1.29 is 13.9 Å². The van der Waals surface area contributed by atoms with Crippen LogP contribution in [0.4, 0.5) is 9.52 Å². The highest BCUT2D eigenvalue weighted by molar-refractivity contribution is 7.14. The topological polar surface area (TPSA) is 54.5 Å². The number of hydrogen-bond donors (Lipinski definition) is 1. The summed E-state index contributed by atoms with van der Waals surface area (Å²) in [5.74, 6) is -0.400. The Hall–Kier alpha value is -2.61. The molecule has 0 bridgehead atoms. The summed E-state index contributed by atoms with van der Waals surface area (Å²) in [5, 5.41) is 5.23. The van der Waals surface area contributed by atoms with Crippen molar-refractivity contribution in [3.05, 3.63) is 71.4 Å². The van der Waals surface area contributed by atoms with Crippen molar-refractivity contribution in [1.29, 1.82) is 0 Å². The Labute approximate surface area is 173 Å². The zero-order valence-corrected chi connectivity index (χ0v) is 16.7. The molecule has 1 fully saturated rings. The average Bonchev–Trinajstić information content (AvgIpc) is 3.18. The summed E-state index contributed by atoms with van der Waals surface area (Å²) in [6.45, 7) is 3.06. The Morgan fingerprint density at radius 2 is 2.00 bits per heavy atom. The molecule has 1 unspecified atom stereocenters. The minimum Gasteiger partial charge on any atom is -0.375 e. The lowest BCUT2D eigenvalue weighted by molar-refractivity contribution is -0.121. The van der Waals surface area contributed by atoms with Gasteiger partial charge in [0.15, 0.2) is 5.13 Å². The van der Waals surface area contributed by atoms with Crippen LogP contribution in [0.15, 0.2) is 60.0 Å². The van der Waals surface area contributed by atoms with Gasteiger partial charge in [-0.1, -0.05) is 30.3 Å². The lowest BCUT2D eigenvalue weighted by Crippen LogP contribution is -2.43. The number of carbonyl (C=O) groups is 1. The number of morpholine rings is 1. The number of amides is 1. The molecule has 1 amide bonds. The third kappa shape index (κ3) is 5.47. The van der Waals surface area contributed by atoms with Crippen molar-refractivity contribution in [2.45, 2.75) is 19.1 Å². The average molecular weight is 412 g/mol. The molecule has 29 heavy (non-hydrogen) atoms. The highest BCUT2D eigenvalue weighted by Crippen LogP contribution is 2.25. The largest absolute Gasteiger partial charge is 0.375 e. The SMILES string of the molecule is O=C(CC1CN(Cc2ccccc2)CCO1)Nc1nc(-c2ccc(F)cc2)cs1. The van der Waals surface area contributed by atoms with Gasteiger partial charge >= 0.3 is 0 Å². The summed E-state index contributed by atoms with van der Waals surface area (Å²) in [5.41, 5.74) is 2.79. The van der Waals surface area contributed by atoms with Crippen LogP contribution in [-0.2, 0) is 16.1 Å². The molecule has 1 aliphatic heterocycles. The van der Waals surface area contributed by atoms with Crippen molar-refractivity contribution in [1.82, 2.24) is 9.88 Å². The fraction of sp³-hybridized carbons (Fsp3) is 0.273. The van der Waals surface area contributed by atoms with E-state index in [0.29, 0.717) is 17.4 Å². The molecule has 0 aliphatic carbocycles. The van der Waals surface area contributed by atoms with E-state index in [0.717, 1.165) is 25.2 Å². The molecule has 1 aliphatic rings. The number of benzene rings is 2. The number of rotatable bonds is 6. The second-order valence-electron chi connectivity index (χ2n) is 7.01. The van der Waals surface area contributed by atoms with E-state index in [9.17, 15) is 9.18 Å². The van der Waals surface area contributed by atoms with E-state index < -0.39 is 0 Å². The third-order valence-electron chi connectivity index (χ3n) is 4.78. The van der Waals surface area contributed by atoms with Gasteiger partial charge in [-0.05, 0) is 29.8 Å². The molecular formula is C22H22FN3O2S. The van der Waals surface area contributed by atoms with Crippen molar-refractivity contribution in [3.8, 4) is 11.3 Å². The van der Waals surface area contributed by atoms with Crippen molar-refractivity contribution >= 4 is 22.4 Å². The van der Waals surface area contributed by atoms with E-state index in [4.69, 9.17) is 4.74 Å². The van der Waals surface area contributed by atoms with Crippen LogP contribution in [0.3, 0.4) is 0 Å². The molecule has 0 spiro atoms. The minimum absolute atomic E-state index is 0.114. The van der Waals surface area contributed by atoms with Gasteiger partial charge < -0.3 is 10.1 Å². The molecule has 150 valence electrons. The van der Waals surface area contributed by atoms with Crippen molar-refractivity contribution in [3.63, 3.8) is 0 Å². The summed E-state index contributed by atoms with van der Waals surface area (Å²) in [7, 11) is 0. The predicted octanol–water partition coefficient (Wildman–Crippen LogP) is 4.18. The summed E-state index contributed by atoms with van der Waals surface area (Å²) in [6.07, 6.45) is 0.153. The van der Waals surface area contributed by atoms with Gasteiger partial charge in [0, 0.05) is 30.6 Å². The van der Waals surface area contributed by atoms with Crippen LogP contribution < -0.4 is 5.32 Å². The number of nitrogens with zero attached hydrogens (tertiary/aromatic N) is 2. The fourth-order valence-electron chi connectivity index (χ4n) is 3.35. The third-order valence-corrected chi connectivity index (χ3v) is 5.53. The van der Waals surface area contributed by atoms with E-state index in [1.54, 1.807) is 12.1 Å². The van der Waals surface area contributed by atoms with Crippen molar-refractivity contribution in [2.24, 2.45) is 0 Å². The molecule has 2 aromatic carbocycles. The first kappa shape index (κ1) is 19.7. The molecule has 0 saturated carbocycles. The fourth-order valence-corrected chi connectivity index (χ4v) is 4.09. The maximum atomic E-state index is 13.1. The van der Waals surface area contributed by atoms with Gasteiger partial charge in [-0.2, -0.15) is 0 Å². The standard InChI is InChI=1S/C22H22FN3O2S/c23-18-8-6-17(7-9-18)20-15-29-22(24-20)25-21(27)12-19-14-26(10-11-28-19)13-16-4-2-1-3-5-16/h1-9,15,19H,10-14H2,(H,24,25,27). The zero-order valence-electron chi connectivity index (χ0n) is 15.9. The molecule has 7 heteroatoms. The second-order valence-corrected chi connectivity index (χ2v) is 7.87. The van der Waals surface area contributed by atoms with Gasteiger partial charge in [0.05, 0.1) is 24.8 Å². The zero-order chi connectivity index (χ0) is 20.1. The van der Waals surface area contributed by atoms with Crippen LogP contribution in [0.1, 0.15) is 12.0 Å². The van der Waals surface area contributed by atoms with Gasteiger partial charge in [-0.25, -0.2) is 9.37 Å². The van der Waals surface area contributed by atoms with E-state index >= 15 is 0 Å². The lowest BCUT2D eigenvalue weighted by atomic mass is 10.1. The van der Waals surface area contributed by atoms with Crippen LogP contribution in [0.5, 0.6) is 0 Å².